The fraction of sp³-hybridized carbons (Fsp3) is 0.611. The van der Waals surface area contributed by atoms with E-state index in [1.807, 2.05) is 27.7 Å². The van der Waals surface area contributed by atoms with Gasteiger partial charge >= 0.3 is 19.3 Å². The number of hydrogen-bond acceptors (Lipinski definition) is 4. The van der Waals surface area contributed by atoms with E-state index < -0.39 is 41.8 Å². The van der Waals surface area contributed by atoms with Gasteiger partial charge < -0.3 is 14.0 Å². The van der Waals surface area contributed by atoms with Crippen LogP contribution in [0.3, 0.4) is 0 Å². The second-order valence-corrected chi connectivity index (χ2v) is 8.33. The number of carbonyl (C=O) groups is 1. The maximum atomic E-state index is 13.2. The van der Waals surface area contributed by atoms with Gasteiger partial charge in [-0.25, -0.2) is 0 Å². The van der Waals surface area contributed by atoms with Crippen molar-refractivity contribution in [2.24, 2.45) is 0 Å². The van der Waals surface area contributed by atoms with Crippen LogP contribution in [0.5, 0.6) is 0 Å². The van der Waals surface area contributed by atoms with E-state index in [2.05, 4.69) is 15.9 Å². The Hall–Kier alpha value is -1.06. The highest BCUT2D eigenvalue weighted by molar-refractivity contribution is 9.10. The lowest BCUT2D eigenvalue weighted by molar-refractivity contribution is -0.143. The number of halogens is 4. The topological polar surface area (TPSA) is 44.8 Å². The van der Waals surface area contributed by atoms with Crippen LogP contribution < -0.4 is 0 Å². The number of rotatable bonds is 5. The Kier molecular flexibility index (Phi) is 6.39. The summed E-state index contributed by atoms with van der Waals surface area (Å²) in [6.07, 6.45) is -4.66. The molecule has 0 amide bonds. The standard InChI is InChI=1S/C18H23BBrF3O4/c1-6-25-15(24)10-13(19-26-16(2,3)17(4,5)27-19)12-9-11(18(21,22)23)7-8-14(12)20/h7-9,13H,6,10H2,1-5H3. The zero-order chi connectivity index (χ0) is 20.6. The zero-order valence-electron chi connectivity index (χ0n) is 15.9. The number of ether oxygens (including phenoxy) is 1. The van der Waals surface area contributed by atoms with Crippen LogP contribution >= 0.6 is 15.9 Å². The Balaban J connectivity index is 2.47. The van der Waals surface area contributed by atoms with Crippen LogP contribution in [0.15, 0.2) is 22.7 Å². The Labute approximate surface area is 166 Å². The van der Waals surface area contributed by atoms with Crippen molar-refractivity contribution in [3.8, 4) is 0 Å². The van der Waals surface area contributed by atoms with E-state index >= 15 is 0 Å². The highest BCUT2D eigenvalue weighted by Crippen LogP contribution is 2.44. The molecule has 0 N–H and O–H groups in total. The minimum atomic E-state index is -4.50. The molecule has 1 atom stereocenters. The van der Waals surface area contributed by atoms with Crippen molar-refractivity contribution in [2.45, 2.75) is 64.2 Å². The molecule has 27 heavy (non-hydrogen) atoms. The Bertz CT molecular complexity index is 690. The lowest BCUT2D eigenvalue weighted by Gasteiger charge is -2.32. The molecular formula is C18H23BBrF3O4. The van der Waals surface area contributed by atoms with Gasteiger partial charge in [-0.1, -0.05) is 15.9 Å². The monoisotopic (exact) mass is 450 g/mol. The van der Waals surface area contributed by atoms with Crippen molar-refractivity contribution in [3.63, 3.8) is 0 Å². The zero-order valence-corrected chi connectivity index (χ0v) is 17.5. The van der Waals surface area contributed by atoms with E-state index in [1.54, 1.807) is 6.92 Å². The van der Waals surface area contributed by atoms with Crippen molar-refractivity contribution in [1.29, 1.82) is 0 Å². The van der Waals surface area contributed by atoms with Gasteiger partial charge in [0.25, 0.3) is 0 Å². The van der Waals surface area contributed by atoms with Crippen LogP contribution in [-0.4, -0.2) is 30.9 Å². The third kappa shape index (κ3) is 4.87. The van der Waals surface area contributed by atoms with Gasteiger partial charge in [-0.15, -0.1) is 0 Å². The molecule has 0 radical (unpaired) electrons. The lowest BCUT2D eigenvalue weighted by Crippen LogP contribution is -2.41. The molecule has 150 valence electrons. The quantitative estimate of drug-likeness (QED) is 0.460. The molecule has 1 fully saturated rings. The first-order chi connectivity index (χ1) is 12.3. The summed E-state index contributed by atoms with van der Waals surface area (Å²) < 4.78 is 57.1. The van der Waals surface area contributed by atoms with Crippen LogP contribution in [0.1, 0.15) is 58.0 Å². The van der Waals surface area contributed by atoms with Crippen LogP contribution in [0.2, 0.25) is 0 Å². The molecule has 1 aromatic carbocycles. The van der Waals surface area contributed by atoms with E-state index in [-0.39, 0.29) is 18.6 Å². The smallest absolute Gasteiger partial charge is 0.466 e. The summed E-state index contributed by atoms with van der Waals surface area (Å²) in [5, 5.41) is 0. The highest BCUT2D eigenvalue weighted by Gasteiger charge is 2.54. The summed E-state index contributed by atoms with van der Waals surface area (Å²) in [5.74, 6) is -1.29. The number of hydrogen-bond donors (Lipinski definition) is 0. The van der Waals surface area contributed by atoms with Gasteiger partial charge in [0, 0.05) is 10.3 Å². The molecule has 1 aromatic rings. The van der Waals surface area contributed by atoms with Crippen molar-refractivity contribution in [1.82, 2.24) is 0 Å². The molecule has 0 spiro atoms. The Morgan fingerprint density at radius 2 is 1.78 bits per heavy atom. The van der Waals surface area contributed by atoms with Gasteiger partial charge in [0.15, 0.2) is 0 Å². The first kappa shape index (κ1) is 22.2. The predicted octanol–water partition coefficient (Wildman–Crippen LogP) is 5.14. The van der Waals surface area contributed by atoms with Crippen molar-refractivity contribution >= 4 is 29.0 Å². The van der Waals surface area contributed by atoms with Crippen molar-refractivity contribution < 1.29 is 32.0 Å². The fourth-order valence-corrected chi connectivity index (χ4v) is 3.35. The van der Waals surface area contributed by atoms with Crippen LogP contribution in [-0.2, 0) is 25.0 Å². The Morgan fingerprint density at radius 3 is 2.26 bits per heavy atom. The molecule has 1 heterocycles. The molecule has 2 rings (SSSR count). The summed E-state index contributed by atoms with van der Waals surface area (Å²) in [4.78, 5) is 12.1. The van der Waals surface area contributed by atoms with Crippen molar-refractivity contribution in [2.75, 3.05) is 6.61 Å². The fourth-order valence-electron chi connectivity index (χ4n) is 2.81. The molecule has 0 aromatic heterocycles. The number of alkyl halides is 3. The molecule has 9 heteroatoms. The van der Waals surface area contributed by atoms with Gasteiger partial charge in [-0.3, -0.25) is 4.79 Å². The SMILES string of the molecule is CCOC(=O)CC(B1OC(C)(C)C(C)(C)O1)c1cc(C(F)(F)F)ccc1Br. The largest absolute Gasteiger partial charge is 0.466 e. The predicted molar refractivity (Wildman–Crippen MR) is 99.2 cm³/mol. The molecule has 1 saturated heterocycles. The molecule has 4 nitrogen and oxygen atoms in total. The van der Waals surface area contributed by atoms with E-state index in [1.165, 1.54) is 6.07 Å². The van der Waals surface area contributed by atoms with Gasteiger partial charge in [0.05, 0.1) is 29.8 Å². The summed E-state index contributed by atoms with van der Waals surface area (Å²) in [7, 11) is -0.890. The maximum absolute atomic E-state index is 13.2. The minimum Gasteiger partial charge on any atom is -0.466 e. The highest BCUT2D eigenvalue weighted by atomic mass is 79.9. The second-order valence-electron chi connectivity index (χ2n) is 7.47. The van der Waals surface area contributed by atoms with Gasteiger partial charge in [0.1, 0.15) is 0 Å². The molecule has 1 unspecified atom stereocenters. The molecule has 0 aliphatic carbocycles. The minimum absolute atomic E-state index is 0.162. The van der Waals surface area contributed by atoms with Crippen LogP contribution in [0.25, 0.3) is 0 Å². The van der Waals surface area contributed by atoms with E-state index in [9.17, 15) is 18.0 Å². The summed E-state index contributed by atoms with van der Waals surface area (Å²) in [5.41, 5.74) is -1.88. The molecule has 1 aliphatic heterocycles. The number of esters is 1. The van der Waals surface area contributed by atoms with Gasteiger partial charge in [-0.05, 0) is 58.4 Å². The lowest BCUT2D eigenvalue weighted by atomic mass is 9.66. The average Bonchev–Trinajstić information content (AvgIpc) is 2.73. The first-order valence-electron chi connectivity index (χ1n) is 8.66. The summed E-state index contributed by atoms with van der Waals surface area (Å²) in [6, 6.07) is 3.33. The summed E-state index contributed by atoms with van der Waals surface area (Å²) >= 11 is 3.30. The molecule has 0 bridgehead atoms. The molecular weight excluding hydrogens is 428 g/mol. The second kappa shape index (κ2) is 7.76. The average molecular weight is 451 g/mol. The molecule has 1 aliphatic rings. The maximum Gasteiger partial charge on any atom is 0.466 e. The number of benzene rings is 1. The number of carbonyl (C=O) groups excluding carboxylic acids is 1. The molecule has 0 saturated carbocycles. The van der Waals surface area contributed by atoms with E-state index in [0.29, 0.717) is 4.47 Å². The normalized spacial score (nSPS) is 19.8. The van der Waals surface area contributed by atoms with Crippen LogP contribution in [0.4, 0.5) is 13.2 Å². The van der Waals surface area contributed by atoms with Crippen molar-refractivity contribution in [3.05, 3.63) is 33.8 Å². The first-order valence-corrected chi connectivity index (χ1v) is 9.45. The van der Waals surface area contributed by atoms with E-state index in [4.69, 9.17) is 14.0 Å². The van der Waals surface area contributed by atoms with Gasteiger partial charge in [-0.2, -0.15) is 13.2 Å². The third-order valence-electron chi connectivity index (χ3n) is 5.01. The summed E-state index contributed by atoms with van der Waals surface area (Å²) in [6.45, 7) is 9.22. The van der Waals surface area contributed by atoms with E-state index in [0.717, 1.165) is 12.1 Å². The Morgan fingerprint density at radius 1 is 1.22 bits per heavy atom. The third-order valence-corrected chi connectivity index (χ3v) is 5.74. The van der Waals surface area contributed by atoms with Gasteiger partial charge in [0.2, 0.25) is 0 Å². The van der Waals surface area contributed by atoms with Crippen LogP contribution in [0, 0.1) is 0 Å².